The maximum atomic E-state index is 12.0. The first-order valence-electron chi connectivity index (χ1n) is 9.41. The van der Waals surface area contributed by atoms with Gasteiger partial charge in [0.2, 0.25) is 0 Å². The molecule has 0 bridgehead atoms. The number of carboxylic acid groups (broad SMARTS) is 1. The Morgan fingerprint density at radius 1 is 1.25 bits per heavy atom. The van der Waals surface area contributed by atoms with Crippen molar-refractivity contribution in [1.82, 2.24) is 0 Å². The first kappa shape index (κ1) is 17.9. The normalized spacial score (nSPS) is 48.5. The van der Waals surface area contributed by atoms with Gasteiger partial charge < -0.3 is 15.3 Å². The molecule has 0 heterocycles. The second kappa shape index (κ2) is 5.57. The van der Waals surface area contributed by atoms with E-state index in [1.54, 1.807) is 0 Å². The largest absolute Gasteiger partial charge is 0.481 e. The van der Waals surface area contributed by atoms with Gasteiger partial charge in [0.15, 0.2) is 0 Å². The number of fused-ring (bicyclic) bond motifs is 3. The molecule has 3 aliphatic carbocycles. The van der Waals surface area contributed by atoms with Crippen LogP contribution in [0.2, 0.25) is 0 Å². The highest BCUT2D eigenvalue weighted by Crippen LogP contribution is 2.63. The Kier molecular flexibility index (Phi) is 4.16. The fourth-order valence-electron chi connectivity index (χ4n) is 5.97. The first-order valence-corrected chi connectivity index (χ1v) is 9.41. The van der Waals surface area contributed by atoms with Crippen LogP contribution < -0.4 is 0 Å². The van der Waals surface area contributed by atoms with Crippen LogP contribution in [0.4, 0.5) is 0 Å². The molecule has 0 aromatic heterocycles. The molecule has 3 rings (SSSR count). The van der Waals surface area contributed by atoms with Gasteiger partial charge >= 0.3 is 5.97 Å². The third-order valence-electron chi connectivity index (χ3n) is 7.76. The second-order valence-electron chi connectivity index (χ2n) is 9.27. The van der Waals surface area contributed by atoms with Gasteiger partial charge in [-0.15, -0.1) is 0 Å². The lowest BCUT2D eigenvalue weighted by Gasteiger charge is -2.60. The molecular formula is C20H32O4. The van der Waals surface area contributed by atoms with Crippen LogP contribution >= 0.6 is 0 Å². The molecule has 2 unspecified atom stereocenters. The van der Waals surface area contributed by atoms with Gasteiger partial charge in [0.25, 0.3) is 0 Å². The van der Waals surface area contributed by atoms with Crippen LogP contribution in [0.25, 0.3) is 0 Å². The van der Waals surface area contributed by atoms with Crippen LogP contribution in [0.5, 0.6) is 0 Å². The summed E-state index contributed by atoms with van der Waals surface area (Å²) < 4.78 is 0. The van der Waals surface area contributed by atoms with E-state index < -0.39 is 23.1 Å². The van der Waals surface area contributed by atoms with Crippen molar-refractivity contribution in [2.45, 2.75) is 77.9 Å². The van der Waals surface area contributed by atoms with Gasteiger partial charge in [-0.05, 0) is 67.8 Å². The van der Waals surface area contributed by atoms with Crippen LogP contribution in [0.3, 0.4) is 0 Å². The minimum absolute atomic E-state index is 0.0151. The number of hydrogen-bond acceptors (Lipinski definition) is 3. The van der Waals surface area contributed by atoms with E-state index in [0.717, 1.165) is 24.8 Å². The van der Waals surface area contributed by atoms with Gasteiger partial charge in [0, 0.05) is 0 Å². The van der Waals surface area contributed by atoms with Crippen LogP contribution in [0.15, 0.2) is 11.6 Å². The van der Waals surface area contributed by atoms with E-state index in [1.807, 2.05) is 26.8 Å². The zero-order chi connectivity index (χ0) is 17.9. The zero-order valence-corrected chi connectivity index (χ0v) is 15.4. The number of carboxylic acids is 1. The van der Waals surface area contributed by atoms with Gasteiger partial charge in [0.1, 0.15) is 0 Å². The summed E-state index contributed by atoms with van der Waals surface area (Å²) in [5.74, 6) is -0.449. The average molecular weight is 336 g/mol. The minimum Gasteiger partial charge on any atom is -0.481 e. The highest BCUT2D eigenvalue weighted by Gasteiger charge is 2.60. The lowest BCUT2D eigenvalue weighted by molar-refractivity contribution is -0.168. The molecule has 0 amide bonds. The van der Waals surface area contributed by atoms with Crippen molar-refractivity contribution in [3.63, 3.8) is 0 Å². The SMILES string of the molecule is CC(C)[C@@]1(O)C=C2C(CC1)[C@@]1(C)CCC[C@@](C)(C(=O)O)C1C[C@H]2O. The highest BCUT2D eigenvalue weighted by molar-refractivity contribution is 5.75. The van der Waals surface area contributed by atoms with Gasteiger partial charge in [-0.25, -0.2) is 0 Å². The molecule has 3 N–H and O–H groups in total. The predicted molar refractivity (Wildman–Crippen MR) is 92.4 cm³/mol. The van der Waals surface area contributed by atoms with Crippen LogP contribution in [0, 0.1) is 28.6 Å². The quantitative estimate of drug-likeness (QED) is 0.676. The molecular weight excluding hydrogens is 304 g/mol. The number of aliphatic carboxylic acids is 1. The van der Waals surface area contributed by atoms with E-state index in [4.69, 9.17) is 0 Å². The maximum Gasteiger partial charge on any atom is 0.309 e. The maximum absolute atomic E-state index is 12.0. The van der Waals surface area contributed by atoms with Crippen molar-refractivity contribution in [3.8, 4) is 0 Å². The third kappa shape index (κ3) is 2.37. The molecule has 0 saturated heterocycles. The van der Waals surface area contributed by atoms with E-state index in [0.29, 0.717) is 19.3 Å². The number of carbonyl (C=O) groups is 1. The molecule has 24 heavy (non-hydrogen) atoms. The summed E-state index contributed by atoms with van der Waals surface area (Å²) in [6.07, 6.45) is 5.94. The van der Waals surface area contributed by atoms with Crippen molar-refractivity contribution in [2.24, 2.45) is 28.6 Å². The second-order valence-corrected chi connectivity index (χ2v) is 9.27. The topological polar surface area (TPSA) is 77.8 Å². The Morgan fingerprint density at radius 3 is 2.50 bits per heavy atom. The Bertz CT molecular complexity index is 568. The summed E-state index contributed by atoms with van der Waals surface area (Å²) in [7, 11) is 0. The summed E-state index contributed by atoms with van der Waals surface area (Å²) in [4.78, 5) is 12.0. The Labute approximate surface area is 145 Å². The van der Waals surface area contributed by atoms with Crippen molar-refractivity contribution < 1.29 is 20.1 Å². The van der Waals surface area contributed by atoms with Gasteiger partial charge in [0.05, 0.1) is 17.1 Å². The molecule has 0 aromatic rings. The molecule has 0 spiro atoms. The van der Waals surface area contributed by atoms with E-state index in [-0.39, 0.29) is 23.2 Å². The average Bonchev–Trinajstić information content (AvgIpc) is 2.49. The number of aliphatic hydroxyl groups is 2. The fraction of sp³-hybridized carbons (Fsp3) is 0.850. The minimum atomic E-state index is -0.846. The number of hydrogen-bond donors (Lipinski definition) is 3. The smallest absolute Gasteiger partial charge is 0.309 e. The fourth-order valence-corrected chi connectivity index (χ4v) is 5.97. The van der Waals surface area contributed by atoms with Crippen LogP contribution in [-0.2, 0) is 4.79 Å². The zero-order valence-electron chi connectivity index (χ0n) is 15.4. The molecule has 4 heteroatoms. The van der Waals surface area contributed by atoms with Crippen LogP contribution in [0.1, 0.15) is 66.2 Å². The van der Waals surface area contributed by atoms with E-state index in [1.165, 1.54) is 0 Å². The van der Waals surface area contributed by atoms with Crippen molar-refractivity contribution >= 4 is 5.97 Å². The van der Waals surface area contributed by atoms with E-state index >= 15 is 0 Å². The first-order chi connectivity index (χ1) is 11.0. The van der Waals surface area contributed by atoms with Crippen molar-refractivity contribution in [2.75, 3.05) is 0 Å². The molecule has 3 aliphatic rings. The Hall–Kier alpha value is -0.870. The lowest BCUT2D eigenvalue weighted by atomic mass is 9.45. The molecule has 0 aromatic carbocycles. The van der Waals surface area contributed by atoms with Crippen LogP contribution in [-0.4, -0.2) is 33.0 Å². The van der Waals surface area contributed by atoms with Gasteiger partial charge in [-0.1, -0.05) is 33.3 Å². The molecule has 2 fully saturated rings. The number of aliphatic hydroxyl groups excluding tert-OH is 1. The number of rotatable bonds is 2. The van der Waals surface area contributed by atoms with E-state index in [2.05, 4.69) is 6.92 Å². The van der Waals surface area contributed by atoms with Gasteiger partial charge in [-0.2, -0.15) is 0 Å². The molecule has 136 valence electrons. The summed E-state index contributed by atoms with van der Waals surface area (Å²) in [5, 5.41) is 31.6. The molecule has 6 atom stereocenters. The molecule has 4 nitrogen and oxygen atoms in total. The standard InChI is InChI=1S/C20H32O4/c1-12(2)20(24)9-6-14-13(11-20)15(21)10-16-18(14,3)7-5-8-19(16,4)17(22)23/h11-12,14-16,21,24H,5-10H2,1-4H3,(H,22,23)/t14?,15-,16?,18-,19-,20+/m1/s1. The lowest BCUT2D eigenvalue weighted by Crippen LogP contribution is -2.57. The molecule has 0 radical (unpaired) electrons. The van der Waals surface area contributed by atoms with Crippen molar-refractivity contribution in [3.05, 3.63) is 11.6 Å². The third-order valence-corrected chi connectivity index (χ3v) is 7.76. The van der Waals surface area contributed by atoms with Gasteiger partial charge in [-0.3, -0.25) is 4.79 Å². The predicted octanol–water partition coefficient (Wildman–Crippen LogP) is 3.37. The summed E-state index contributed by atoms with van der Waals surface area (Å²) in [5.41, 5.74) is -0.744. The molecule has 0 aliphatic heterocycles. The van der Waals surface area contributed by atoms with E-state index in [9.17, 15) is 20.1 Å². The summed E-state index contributed by atoms with van der Waals surface area (Å²) in [6, 6.07) is 0. The monoisotopic (exact) mass is 336 g/mol. The highest BCUT2D eigenvalue weighted by atomic mass is 16.4. The van der Waals surface area contributed by atoms with Crippen molar-refractivity contribution in [1.29, 1.82) is 0 Å². The Balaban J connectivity index is 2.04. The molecule has 2 saturated carbocycles. The summed E-state index contributed by atoms with van der Waals surface area (Å²) in [6.45, 7) is 8.12. The summed E-state index contributed by atoms with van der Waals surface area (Å²) >= 11 is 0. The Morgan fingerprint density at radius 2 is 1.92 bits per heavy atom.